The maximum atomic E-state index is 11.7. The average Bonchev–Trinajstić information content (AvgIpc) is 3.00. The Bertz CT molecular complexity index is 1170. The van der Waals surface area contributed by atoms with Crippen molar-refractivity contribution in [1.29, 1.82) is 0 Å². The normalized spacial score (nSPS) is 12.3. The molecule has 330 valence electrons. The number of hydrogen-bond donors (Lipinski definition) is 1. The summed E-state index contributed by atoms with van der Waals surface area (Å²) in [6, 6.07) is 0. The second-order valence-corrected chi connectivity index (χ2v) is 19.5. The van der Waals surface area contributed by atoms with Crippen molar-refractivity contribution in [2.45, 2.75) is 174 Å². The van der Waals surface area contributed by atoms with E-state index >= 15 is 0 Å². The van der Waals surface area contributed by atoms with Crippen LogP contribution in [0, 0.1) is 16.2 Å². The van der Waals surface area contributed by atoms with E-state index in [-0.39, 0.29) is 84.7 Å². The van der Waals surface area contributed by atoms with Crippen molar-refractivity contribution in [3.05, 3.63) is 0 Å². The number of nitrogens with one attached hydrogen (secondary N) is 1. The van der Waals surface area contributed by atoms with Gasteiger partial charge in [0.15, 0.2) is 5.78 Å². The van der Waals surface area contributed by atoms with Gasteiger partial charge in [-0.25, -0.2) is 0 Å². The van der Waals surface area contributed by atoms with E-state index in [0.29, 0.717) is 46.0 Å². The Morgan fingerprint density at radius 3 is 1.21 bits per heavy atom. The van der Waals surface area contributed by atoms with Gasteiger partial charge in [-0.3, -0.25) is 28.8 Å². The van der Waals surface area contributed by atoms with Crippen molar-refractivity contribution in [2.75, 3.05) is 52.8 Å². The Morgan fingerprint density at radius 1 is 0.429 bits per heavy atom. The number of hydrogen-bond acceptors (Lipinski definition) is 12. The number of amides is 1. The van der Waals surface area contributed by atoms with Gasteiger partial charge in [0.1, 0.15) is 19.0 Å². The van der Waals surface area contributed by atoms with Gasteiger partial charge in [0.2, 0.25) is 11.7 Å². The van der Waals surface area contributed by atoms with Crippen molar-refractivity contribution in [3.8, 4) is 0 Å². The largest absolute Gasteiger partial charge is 0.463 e. The molecule has 1 amide bonds. The van der Waals surface area contributed by atoms with E-state index in [9.17, 15) is 28.8 Å². The highest BCUT2D eigenvalue weighted by Gasteiger charge is 2.27. The number of rotatable bonds is 20. The fraction of sp³-hybridized carbons (Fsp3) is 0.860. The van der Waals surface area contributed by atoms with Crippen molar-refractivity contribution >= 4 is 35.2 Å². The van der Waals surface area contributed by atoms with E-state index < -0.39 is 22.4 Å². The minimum Gasteiger partial charge on any atom is -0.463 e. The van der Waals surface area contributed by atoms with Gasteiger partial charge in [-0.2, -0.15) is 0 Å². The maximum absolute atomic E-state index is 11.7. The third-order valence-electron chi connectivity index (χ3n) is 6.85. The first-order valence-corrected chi connectivity index (χ1v) is 19.8. The third kappa shape index (κ3) is 39.5. The molecule has 0 saturated carbocycles. The lowest BCUT2D eigenvalue weighted by atomic mass is 9.87. The SMILES string of the molecule is CC(C)(C)OCCOC(=O)CCC(=O)C(C)(C)C.CC(C)(C)OCCOC(=O)CCCC(=O)C(=O)C(C)(C)C.CC(C)(C)OCCOCCNC(=O)C(C)(C)C. The first-order chi connectivity index (χ1) is 25.1. The predicted molar refractivity (Wildman–Crippen MR) is 219 cm³/mol. The molecule has 0 aromatic heterocycles. The topological polar surface area (TPSA) is 170 Å². The average molecular weight is 804 g/mol. The summed E-state index contributed by atoms with van der Waals surface area (Å²) in [5, 5.41) is 2.83. The van der Waals surface area contributed by atoms with Gasteiger partial charge in [0.05, 0.1) is 56.3 Å². The van der Waals surface area contributed by atoms with Gasteiger partial charge < -0.3 is 33.7 Å². The van der Waals surface area contributed by atoms with Gasteiger partial charge in [-0.1, -0.05) is 62.3 Å². The molecule has 0 spiro atoms. The van der Waals surface area contributed by atoms with Gasteiger partial charge in [0.25, 0.3) is 0 Å². The Labute approximate surface area is 339 Å². The summed E-state index contributed by atoms with van der Waals surface area (Å²) in [5.41, 5.74) is -2.00. The molecule has 0 radical (unpaired) electrons. The zero-order valence-electron chi connectivity index (χ0n) is 38.6. The minimum absolute atomic E-state index is 0.0482. The Morgan fingerprint density at radius 2 is 0.839 bits per heavy atom. The molecule has 0 bridgehead atoms. The van der Waals surface area contributed by atoms with E-state index in [1.807, 2.05) is 104 Å². The molecule has 0 fully saturated rings. The number of carbonyl (C=O) groups excluding carboxylic acids is 6. The van der Waals surface area contributed by atoms with E-state index in [2.05, 4.69) is 5.32 Å². The lowest BCUT2D eigenvalue weighted by molar-refractivity contribution is -0.148. The van der Waals surface area contributed by atoms with Crippen LogP contribution < -0.4 is 5.32 Å². The number of esters is 2. The highest BCUT2D eigenvalue weighted by atomic mass is 16.6. The molecule has 0 aliphatic rings. The van der Waals surface area contributed by atoms with Crippen molar-refractivity contribution in [2.24, 2.45) is 16.2 Å². The summed E-state index contributed by atoms with van der Waals surface area (Å²) < 4.78 is 31.7. The summed E-state index contributed by atoms with van der Waals surface area (Å²) in [6.45, 7) is 37.3. The standard InChI is InChI=1S/C16H28O5.C14H26O4.C13H27NO3/c1-15(2,3)14(19)12(17)8-7-9-13(18)20-10-11-21-16(4,5)6;1-13(2,3)11(15)7-8-12(16)17-9-10-18-14(4,5)6;1-12(2,3)11(15)14-7-8-16-9-10-17-13(4,5)6/h7-11H2,1-6H3;7-10H2,1-6H3;7-10H2,1-6H3,(H,14,15). The molecule has 0 heterocycles. The van der Waals surface area contributed by atoms with Crippen LogP contribution in [-0.4, -0.2) is 105 Å². The molecule has 1 N–H and O–H groups in total. The molecule has 0 unspecified atom stereocenters. The highest BCUT2D eigenvalue weighted by Crippen LogP contribution is 2.18. The van der Waals surface area contributed by atoms with Crippen LogP contribution in [0.1, 0.15) is 157 Å². The quantitative estimate of drug-likeness (QED) is 0.0735. The first kappa shape index (κ1) is 57.6. The lowest BCUT2D eigenvalue weighted by Gasteiger charge is -2.20. The molecule has 13 heteroatoms. The smallest absolute Gasteiger partial charge is 0.306 e. The predicted octanol–water partition coefficient (Wildman–Crippen LogP) is 7.42. The van der Waals surface area contributed by atoms with Crippen LogP contribution in [0.15, 0.2) is 0 Å². The second-order valence-electron chi connectivity index (χ2n) is 19.5. The van der Waals surface area contributed by atoms with Crippen LogP contribution >= 0.6 is 0 Å². The Hall–Kier alpha value is -2.74. The van der Waals surface area contributed by atoms with E-state index in [0.717, 1.165) is 0 Å². The van der Waals surface area contributed by atoms with Crippen molar-refractivity contribution < 1.29 is 57.2 Å². The molecule has 0 aliphatic carbocycles. The molecular formula is C43H81NO12. The fourth-order valence-corrected chi connectivity index (χ4v) is 3.68. The first-order valence-electron chi connectivity index (χ1n) is 19.8. The summed E-state index contributed by atoms with van der Waals surface area (Å²) >= 11 is 0. The Kier molecular flexibility index (Phi) is 27.8. The summed E-state index contributed by atoms with van der Waals surface area (Å²) in [7, 11) is 0. The molecule has 56 heavy (non-hydrogen) atoms. The molecule has 0 rings (SSSR count). The van der Waals surface area contributed by atoms with E-state index in [1.54, 1.807) is 20.8 Å². The van der Waals surface area contributed by atoms with Gasteiger partial charge in [-0.15, -0.1) is 0 Å². The van der Waals surface area contributed by atoms with Gasteiger partial charge in [0, 0.05) is 42.1 Å². The van der Waals surface area contributed by atoms with E-state index in [4.69, 9.17) is 28.4 Å². The van der Waals surface area contributed by atoms with Crippen LogP contribution in [0.5, 0.6) is 0 Å². The molecule has 0 aromatic carbocycles. The summed E-state index contributed by atoms with van der Waals surface area (Å²) in [6.07, 6.45) is 0.941. The third-order valence-corrected chi connectivity index (χ3v) is 6.85. The number of Topliss-reactive ketones (excluding diaryl/α,β-unsaturated/α-hetero) is 3. The molecule has 0 saturated heterocycles. The van der Waals surface area contributed by atoms with Crippen molar-refractivity contribution in [1.82, 2.24) is 5.32 Å². The molecule has 0 aromatic rings. The Balaban J connectivity index is -0.000000757. The zero-order valence-corrected chi connectivity index (χ0v) is 38.6. The van der Waals surface area contributed by atoms with Crippen LogP contribution in [0.3, 0.4) is 0 Å². The second kappa shape index (κ2) is 27.0. The zero-order chi connectivity index (χ0) is 44.6. The summed E-state index contributed by atoms with van der Waals surface area (Å²) in [4.78, 5) is 69.2. The van der Waals surface area contributed by atoms with Crippen LogP contribution in [0.25, 0.3) is 0 Å². The summed E-state index contributed by atoms with van der Waals surface area (Å²) in [5.74, 6) is -1.41. The number of ketones is 3. The number of ether oxygens (including phenoxy) is 6. The highest BCUT2D eigenvalue weighted by molar-refractivity contribution is 6.38. The fourth-order valence-electron chi connectivity index (χ4n) is 3.68. The van der Waals surface area contributed by atoms with E-state index in [1.165, 1.54) is 0 Å². The van der Waals surface area contributed by atoms with Crippen LogP contribution in [0.2, 0.25) is 0 Å². The van der Waals surface area contributed by atoms with Crippen LogP contribution in [0.4, 0.5) is 0 Å². The monoisotopic (exact) mass is 804 g/mol. The van der Waals surface area contributed by atoms with Crippen LogP contribution in [-0.2, 0) is 57.2 Å². The minimum atomic E-state index is -0.665. The molecular weight excluding hydrogens is 722 g/mol. The van der Waals surface area contributed by atoms with Gasteiger partial charge in [-0.05, 0) is 68.7 Å². The molecule has 0 atom stereocenters. The lowest BCUT2D eigenvalue weighted by Crippen LogP contribution is -2.36. The van der Waals surface area contributed by atoms with Gasteiger partial charge >= 0.3 is 11.9 Å². The number of carbonyl (C=O) groups is 6. The molecule has 13 nitrogen and oxygen atoms in total. The molecule has 0 aliphatic heterocycles. The maximum Gasteiger partial charge on any atom is 0.306 e. The van der Waals surface area contributed by atoms with Crippen molar-refractivity contribution in [3.63, 3.8) is 0 Å².